The maximum Gasteiger partial charge on any atom is 0.272 e. The van der Waals surface area contributed by atoms with E-state index < -0.39 is 5.41 Å². The van der Waals surface area contributed by atoms with E-state index in [1.165, 1.54) is 0 Å². The molecule has 1 aromatic heterocycles. The Bertz CT molecular complexity index is 536. The molecular weight excluding hydrogens is 306 g/mol. The van der Waals surface area contributed by atoms with Gasteiger partial charge in [-0.3, -0.25) is 14.7 Å². The molecular formula is C14H24ClN5O2. The first-order chi connectivity index (χ1) is 9.89. The molecule has 0 saturated carbocycles. The normalized spacial score (nSPS) is 13.8. The maximum atomic E-state index is 12.1. The van der Waals surface area contributed by atoms with Gasteiger partial charge in [-0.1, -0.05) is 20.8 Å². The van der Waals surface area contributed by atoms with Crippen LogP contribution in [0.25, 0.3) is 0 Å². The van der Waals surface area contributed by atoms with Crippen LogP contribution in [0.1, 0.15) is 42.5 Å². The highest BCUT2D eigenvalue weighted by atomic mass is 35.5. The van der Waals surface area contributed by atoms with Crippen LogP contribution in [0.2, 0.25) is 0 Å². The number of hydrogen-bond acceptors (Lipinski definition) is 4. The number of hydrogen-bond donors (Lipinski definition) is 4. The summed E-state index contributed by atoms with van der Waals surface area (Å²) in [6, 6.07) is 0. The monoisotopic (exact) mass is 329 g/mol. The number of fused-ring (bicyclic) bond motifs is 1. The van der Waals surface area contributed by atoms with Crippen molar-refractivity contribution >= 4 is 24.2 Å². The van der Waals surface area contributed by atoms with Gasteiger partial charge < -0.3 is 16.0 Å². The largest absolute Gasteiger partial charge is 0.354 e. The summed E-state index contributed by atoms with van der Waals surface area (Å²) >= 11 is 0. The van der Waals surface area contributed by atoms with Crippen LogP contribution in [0.15, 0.2) is 0 Å². The van der Waals surface area contributed by atoms with E-state index in [1.807, 2.05) is 20.8 Å². The smallest absolute Gasteiger partial charge is 0.272 e. The summed E-state index contributed by atoms with van der Waals surface area (Å²) in [4.78, 5) is 23.8. The zero-order chi connectivity index (χ0) is 15.5. The first kappa shape index (κ1) is 18.4. The van der Waals surface area contributed by atoms with Gasteiger partial charge in [0.05, 0.1) is 0 Å². The number of H-pyrrole nitrogens is 1. The van der Waals surface area contributed by atoms with Crippen molar-refractivity contribution in [2.45, 2.75) is 33.7 Å². The van der Waals surface area contributed by atoms with Crippen molar-refractivity contribution < 1.29 is 9.59 Å². The molecule has 0 radical (unpaired) electrons. The third kappa shape index (κ3) is 4.45. The fourth-order valence-corrected chi connectivity index (χ4v) is 2.11. The van der Waals surface area contributed by atoms with E-state index in [-0.39, 0.29) is 24.2 Å². The molecule has 0 aliphatic carbocycles. The van der Waals surface area contributed by atoms with Crippen LogP contribution in [0.5, 0.6) is 0 Å². The lowest BCUT2D eigenvalue weighted by molar-refractivity contribution is -0.128. The zero-order valence-corrected chi connectivity index (χ0v) is 14.0. The van der Waals surface area contributed by atoms with Crippen LogP contribution in [0, 0.1) is 5.41 Å². The Morgan fingerprint density at radius 2 is 1.91 bits per heavy atom. The number of nitrogens with one attached hydrogen (secondary N) is 4. The molecule has 124 valence electrons. The van der Waals surface area contributed by atoms with Crippen molar-refractivity contribution in [2.24, 2.45) is 5.41 Å². The van der Waals surface area contributed by atoms with Crippen molar-refractivity contribution in [3.8, 4) is 0 Å². The molecule has 1 aliphatic rings. The summed E-state index contributed by atoms with van der Waals surface area (Å²) in [5.41, 5.74) is 1.99. The highest BCUT2D eigenvalue weighted by Crippen LogP contribution is 2.15. The third-order valence-corrected chi connectivity index (χ3v) is 3.40. The maximum absolute atomic E-state index is 12.1. The second kappa shape index (κ2) is 7.60. The summed E-state index contributed by atoms with van der Waals surface area (Å²) in [6.07, 6.45) is 0.858. The standard InChI is InChI=1S/C14H23N5O2.ClH/c1-14(2,3)13(21)17-7-6-16-12(20)11-9-8-15-5-4-10(9)18-19-11;/h15H,4-8H2,1-3H3,(H,16,20)(H,17,21)(H,18,19);1H. The fourth-order valence-electron chi connectivity index (χ4n) is 2.11. The summed E-state index contributed by atoms with van der Waals surface area (Å²) in [6.45, 7) is 7.91. The Balaban J connectivity index is 0.00000242. The van der Waals surface area contributed by atoms with Crippen molar-refractivity contribution in [1.29, 1.82) is 0 Å². The van der Waals surface area contributed by atoms with Gasteiger partial charge in [-0.15, -0.1) is 12.4 Å². The van der Waals surface area contributed by atoms with Crippen molar-refractivity contribution in [3.05, 3.63) is 17.0 Å². The van der Waals surface area contributed by atoms with Gasteiger partial charge in [0, 0.05) is 49.3 Å². The highest BCUT2D eigenvalue weighted by molar-refractivity contribution is 5.94. The molecule has 22 heavy (non-hydrogen) atoms. The lowest BCUT2D eigenvalue weighted by Crippen LogP contribution is -2.40. The third-order valence-electron chi connectivity index (χ3n) is 3.40. The Kier molecular flexibility index (Phi) is 6.37. The van der Waals surface area contributed by atoms with Gasteiger partial charge >= 0.3 is 0 Å². The highest BCUT2D eigenvalue weighted by Gasteiger charge is 2.22. The first-order valence-electron chi connectivity index (χ1n) is 7.23. The Morgan fingerprint density at radius 3 is 2.59 bits per heavy atom. The van der Waals surface area contributed by atoms with E-state index in [2.05, 4.69) is 26.1 Å². The van der Waals surface area contributed by atoms with Gasteiger partial charge in [-0.2, -0.15) is 5.10 Å². The molecule has 0 unspecified atom stereocenters. The molecule has 1 aliphatic heterocycles. The van der Waals surface area contributed by atoms with Crippen LogP contribution >= 0.6 is 12.4 Å². The van der Waals surface area contributed by atoms with Crippen LogP contribution in [0.4, 0.5) is 0 Å². The number of rotatable bonds is 4. The van der Waals surface area contributed by atoms with Crippen LogP contribution < -0.4 is 16.0 Å². The van der Waals surface area contributed by atoms with Gasteiger partial charge in [0.2, 0.25) is 5.91 Å². The number of nitrogens with zero attached hydrogens (tertiary/aromatic N) is 1. The van der Waals surface area contributed by atoms with Crippen molar-refractivity contribution in [1.82, 2.24) is 26.1 Å². The molecule has 2 amide bonds. The van der Waals surface area contributed by atoms with E-state index in [0.29, 0.717) is 25.3 Å². The fraction of sp³-hybridized carbons (Fsp3) is 0.643. The lowest BCUT2D eigenvalue weighted by Gasteiger charge is -2.17. The molecule has 0 atom stereocenters. The average molecular weight is 330 g/mol. The molecule has 2 rings (SSSR count). The summed E-state index contributed by atoms with van der Waals surface area (Å²) < 4.78 is 0. The van der Waals surface area contributed by atoms with E-state index >= 15 is 0 Å². The quantitative estimate of drug-likeness (QED) is 0.600. The van der Waals surface area contributed by atoms with E-state index in [9.17, 15) is 9.59 Å². The molecule has 8 heteroatoms. The van der Waals surface area contributed by atoms with Crippen LogP contribution in [-0.4, -0.2) is 41.6 Å². The summed E-state index contributed by atoms with van der Waals surface area (Å²) in [5.74, 6) is -0.237. The molecule has 7 nitrogen and oxygen atoms in total. The summed E-state index contributed by atoms with van der Waals surface area (Å²) in [7, 11) is 0. The molecule has 0 saturated heterocycles. The molecule has 1 aromatic rings. The van der Waals surface area contributed by atoms with Gasteiger partial charge in [0.25, 0.3) is 5.91 Å². The number of aromatic amines is 1. The molecule has 0 fully saturated rings. The van der Waals surface area contributed by atoms with Gasteiger partial charge in [-0.05, 0) is 0 Å². The van der Waals surface area contributed by atoms with E-state index in [1.54, 1.807) is 0 Å². The number of carbonyl (C=O) groups is 2. The molecule has 0 spiro atoms. The lowest BCUT2D eigenvalue weighted by atomic mass is 9.96. The molecule has 2 heterocycles. The zero-order valence-electron chi connectivity index (χ0n) is 13.2. The predicted octanol–water partition coefficient (Wildman–Crippen LogP) is 0.369. The minimum atomic E-state index is -0.420. The van der Waals surface area contributed by atoms with Gasteiger partial charge in [0.15, 0.2) is 5.69 Å². The second-order valence-electron chi connectivity index (χ2n) is 6.22. The number of carbonyl (C=O) groups excluding carboxylic acids is 2. The second-order valence-corrected chi connectivity index (χ2v) is 6.22. The molecule has 0 aromatic carbocycles. The van der Waals surface area contributed by atoms with Crippen molar-refractivity contribution in [2.75, 3.05) is 19.6 Å². The number of amides is 2. The van der Waals surface area contributed by atoms with Crippen molar-refractivity contribution in [3.63, 3.8) is 0 Å². The molecule has 4 N–H and O–H groups in total. The van der Waals surface area contributed by atoms with E-state index in [4.69, 9.17) is 0 Å². The molecule has 0 bridgehead atoms. The minimum Gasteiger partial charge on any atom is -0.354 e. The SMILES string of the molecule is CC(C)(C)C(=O)NCCNC(=O)c1n[nH]c2c1CNCC2.Cl. The predicted molar refractivity (Wildman–Crippen MR) is 86.0 cm³/mol. The number of aromatic nitrogens is 2. The Morgan fingerprint density at radius 1 is 1.23 bits per heavy atom. The number of halogens is 1. The Hall–Kier alpha value is -1.60. The topological polar surface area (TPSA) is 98.9 Å². The van der Waals surface area contributed by atoms with Gasteiger partial charge in [-0.25, -0.2) is 0 Å². The van der Waals surface area contributed by atoms with Crippen LogP contribution in [-0.2, 0) is 17.8 Å². The van der Waals surface area contributed by atoms with E-state index in [0.717, 1.165) is 24.2 Å². The first-order valence-corrected chi connectivity index (χ1v) is 7.23. The Labute approximate surface area is 136 Å². The summed E-state index contributed by atoms with van der Waals surface area (Å²) in [5, 5.41) is 15.8. The van der Waals surface area contributed by atoms with Gasteiger partial charge in [0.1, 0.15) is 0 Å². The average Bonchev–Trinajstić information content (AvgIpc) is 2.86. The minimum absolute atomic E-state index is 0. The van der Waals surface area contributed by atoms with Crippen LogP contribution in [0.3, 0.4) is 0 Å².